The Morgan fingerprint density at radius 1 is 1.17 bits per heavy atom. The second-order valence-corrected chi connectivity index (χ2v) is 4.10. The van der Waals surface area contributed by atoms with Crippen molar-refractivity contribution < 1.29 is 0 Å². The lowest BCUT2D eigenvalue weighted by molar-refractivity contribution is 0.560. The second kappa shape index (κ2) is 3.34. The van der Waals surface area contributed by atoms with Gasteiger partial charge in [-0.25, -0.2) is 0 Å². The quantitative estimate of drug-likeness (QED) is 0.632. The molecule has 0 aromatic carbocycles. The molecular formula is C11H19N. The maximum atomic E-state index is 2.36. The van der Waals surface area contributed by atoms with Crippen molar-refractivity contribution in [2.24, 2.45) is 0 Å². The highest BCUT2D eigenvalue weighted by Gasteiger charge is 2.08. The predicted octanol–water partition coefficient (Wildman–Crippen LogP) is 3.50. The van der Waals surface area contributed by atoms with Crippen LogP contribution < -0.4 is 0 Å². The first-order valence-electron chi connectivity index (χ1n) is 4.70. The van der Waals surface area contributed by atoms with E-state index in [2.05, 4.69) is 51.4 Å². The molecule has 0 N–H and O–H groups in total. The Labute approximate surface area is 75.4 Å². The number of nitrogens with zero attached hydrogens (tertiary/aromatic N) is 1. The summed E-state index contributed by atoms with van der Waals surface area (Å²) in [5.74, 6) is 0.626. The van der Waals surface area contributed by atoms with E-state index >= 15 is 0 Å². The van der Waals surface area contributed by atoms with E-state index in [4.69, 9.17) is 0 Å². The van der Waals surface area contributed by atoms with E-state index in [-0.39, 0.29) is 0 Å². The number of hydrogen-bond donors (Lipinski definition) is 0. The fourth-order valence-corrected chi connectivity index (χ4v) is 1.55. The smallest absolute Gasteiger partial charge is 0.0277 e. The Bertz CT molecular complexity index is 230. The third kappa shape index (κ3) is 1.71. The minimum absolute atomic E-state index is 0.580. The van der Waals surface area contributed by atoms with E-state index < -0.39 is 0 Å². The SMILES string of the molecule is Cc1cc(C(C)C)n(C(C)C)c1. The lowest BCUT2D eigenvalue weighted by Gasteiger charge is -2.14. The first-order chi connectivity index (χ1) is 5.52. The van der Waals surface area contributed by atoms with Gasteiger partial charge in [0.05, 0.1) is 0 Å². The summed E-state index contributed by atoms with van der Waals surface area (Å²) in [6, 6.07) is 2.86. The summed E-state index contributed by atoms with van der Waals surface area (Å²) in [5, 5.41) is 0. The van der Waals surface area contributed by atoms with Crippen molar-refractivity contribution in [2.75, 3.05) is 0 Å². The topological polar surface area (TPSA) is 4.93 Å². The molecular weight excluding hydrogens is 146 g/mol. The summed E-state index contributed by atoms with van der Waals surface area (Å²) in [5.41, 5.74) is 2.81. The highest BCUT2D eigenvalue weighted by Crippen LogP contribution is 2.21. The van der Waals surface area contributed by atoms with Gasteiger partial charge in [-0.05, 0) is 38.3 Å². The van der Waals surface area contributed by atoms with Crippen LogP contribution in [0.5, 0.6) is 0 Å². The van der Waals surface area contributed by atoms with Crippen LogP contribution in [0.25, 0.3) is 0 Å². The van der Waals surface area contributed by atoms with Crippen molar-refractivity contribution in [3.05, 3.63) is 23.5 Å². The molecule has 1 aromatic rings. The zero-order valence-corrected chi connectivity index (χ0v) is 8.76. The molecule has 0 saturated carbocycles. The zero-order valence-electron chi connectivity index (χ0n) is 8.76. The number of aryl methyl sites for hydroxylation is 1. The van der Waals surface area contributed by atoms with Crippen LogP contribution in [0.3, 0.4) is 0 Å². The highest BCUT2D eigenvalue weighted by atomic mass is 15.0. The van der Waals surface area contributed by atoms with Crippen LogP contribution in [0.15, 0.2) is 12.3 Å². The van der Waals surface area contributed by atoms with Crippen molar-refractivity contribution in [1.82, 2.24) is 4.57 Å². The summed E-state index contributed by atoms with van der Waals surface area (Å²) in [4.78, 5) is 0. The average molecular weight is 165 g/mol. The average Bonchev–Trinajstić information content (AvgIpc) is 2.31. The van der Waals surface area contributed by atoms with Gasteiger partial charge in [0.2, 0.25) is 0 Å². The third-order valence-corrected chi connectivity index (χ3v) is 2.16. The van der Waals surface area contributed by atoms with Crippen LogP contribution >= 0.6 is 0 Å². The summed E-state index contributed by atoms with van der Waals surface area (Å²) in [6.45, 7) is 11.1. The first-order valence-corrected chi connectivity index (χ1v) is 4.70. The Kier molecular flexibility index (Phi) is 2.61. The van der Waals surface area contributed by atoms with Gasteiger partial charge in [-0.3, -0.25) is 0 Å². The maximum Gasteiger partial charge on any atom is 0.0277 e. The molecule has 0 aliphatic rings. The van der Waals surface area contributed by atoms with Gasteiger partial charge in [0.25, 0.3) is 0 Å². The Hall–Kier alpha value is -0.720. The molecule has 1 heterocycles. The van der Waals surface area contributed by atoms with Crippen LogP contribution in [0.1, 0.15) is 50.9 Å². The lowest BCUT2D eigenvalue weighted by Crippen LogP contribution is -2.05. The molecule has 12 heavy (non-hydrogen) atoms. The van der Waals surface area contributed by atoms with Crippen LogP contribution in [0.4, 0.5) is 0 Å². The minimum atomic E-state index is 0.580. The minimum Gasteiger partial charge on any atom is -0.348 e. The lowest BCUT2D eigenvalue weighted by atomic mass is 10.1. The summed E-state index contributed by atoms with van der Waals surface area (Å²) in [6.07, 6.45) is 2.24. The zero-order chi connectivity index (χ0) is 9.30. The van der Waals surface area contributed by atoms with Gasteiger partial charge in [0.1, 0.15) is 0 Å². The number of hydrogen-bond acceptors (Lipinski definition) is 0. The fraction of sp³-hybridized carbons (Fsp3) is 0.636. The molecule has 68 valence electrons. The van der Waals surface area contributed by atoms with Gasteiger partial charge < -0.3 is 4.57 Å². The monoisotopic (exact) mass is 165 g/mol. The molecule has 1 aromatic heterocycles. The molecule has 0 saturated heterocycles. The van der Waals surface area contributed by atoms with E-state index in [0.717, 1.165) is 0 Å². The van der Waals surface area contributed by atoms with Crippen molar-refractivity contribution >= 4 is 0 Å². The molecule has 0 bridgehead atoms. The van der Waals surface area contributed by atoms with E-state index in [1.165, 1.54) is 11.3 Å². The molecule has 1 heteroatoms. The molecule has 0 aliphatic heterocycles. The molecule has 0 amide bonds. The van der Waals surface area contributed by atoms with Crippen molar-refractivity contribution in [3.63, 3.8) is 0 Å². The van der Waals surface area contributed by atoms with Gasteiger partial charge in [-0.2, -0.15) is 0 Å². The largest absolute Gasteiger partial charge is 0.348 e. The second-order valence-electron chi connectivity index (χ2n) is 4.10. The van der Waals surface area contributed by atoms with Gasteiger partial charge in [0, 0.05) is 17.9 Å². The Morgan fingerprint density at radius 2 is 1.75 bits per heavy atom. The number of rotatable bonds is 2. The first kappa shape index (κ1) is 9.37. The van der Waals surface area contributed by atoms with Crippen molar-refractivity contribution in [3.8, 4) is 0 Å². The Balaban J connectivity index is 3.08. The molecule has 0 unspecified atom stereocenters. The number of aromatic nitrogens is 1. The normalized spacial score (nSPS) is 11.6. The molecule has 0 aliphatic carbocycles. The van der Waals surface area contributed by atoms with E-state index in [9.17, 15) is 0 Å². The molecule has 0 spiro atoms. The van der Waals surface area contributed by atoms with Crippen LogP contribution in [-0.4, -0.2) is 4.57 Å². The summed E-state index contributed by atoms with van der Waals surface area (Å²) < 4.78 is 2.36. The van der Waals surface area contributed by atoms with Crippen LogP contribution in [0, 0.1) is 6.92 Å². The van der Waals surface area contributed by atoms with E-state index in [1.54, 1.807) is 0 Å². The molecule has 0 atom stereocenters. The fourth-order valence-electron chi connectivity index (χ4n) is 1.55. The van der Waals surface area contributed by atoms with Crippen molar-refractivity contribution in [1.29, 1.82) is 0 Å². The molecule has 0 radical (unpaired) electrons. The summed E-state index contributed by atoms with van der Waals surface area (Å²) in [7, 11) is 0. The molecule has 0 fully saturated rings. The van der Waals surface area contributed by atoms with Crippen LogP contribution in [-0.2, 0) is 0 Å². The molecule has 1 rings (SSSR count). The van der Waals surface area contributed by atoms with Gasteiger partial charge >= 0.3 is 0 Å². The maximum absolute atomic E-state index is 2.36. The standard InChI is InChI=1S/C11H19N/c1-8(2)11-6-10(5)7-12(11)9(3)4/h6-9H,1-5H3. The van der Waals surface area contributed by atoms with E-state index in [0.29, 0.717) is 12.0 Å². The van der Waals surface area contributed by atoms with Crippen molar-refractivity contribution in [2.45, 2.75) is 46.6 Å². The van der Waals surface area contributed by atoms with E-state index in [1.807, 2.05) is 0 Å². The highest BCUT2D eigenvalue weighted by molar-refractivity contribution is 5.20. The predicted molar refractivity (Wildman–Crippen MR) is 53.6 cm³/mol. The van der Waals surface area contributed by atoms with Crippen LogP contribution in [0.2, 0.25) is 0 Å². The van der Waals surface area contributed by atoms with Gasteiger partial charge in [0.15, 0.2) is 0 Å². The Morgan fingerprint density at radius 3 is 2.08 bits per heavy atom. The van der Waals surface area contributed by atoms with Gasteiger partial charge in [-0.15, -0.1) is 0 Å². The third-order valence-electron chi connectivity index (χ3n) is 2.16. The summed E-state index contributed by atoms with van der Waals surface area (Å²) >= 11 is 0. The van der Waals surface area contributed by atoms with Gasteiger partial charge in [-0.1, -0.05) is 13.8 Å². The molecule has 1 nitrogen and oxygen atoms in total.